The van der Waals surface area contributed by atoms with E-state index < -0.39 is 6.29 Å². The van der Waals surface area contributed by atoms with Crippen LogP contribution in [-0.2, 0) is 9.47 Å². The van der Waals surface area contributed by atoms with E-state index in [-0.39, 0.29) is 12.2 Å². The third-order valence-corrected chi connectivity index (χ3v) is 2.77. The van der Waals surface area contributed by atoms with Crippen LogP contribution in [0.15, 0.2) is 0 Å². The lowest BCUT2D eigenvalue weighted by atomic mass is 9.92. The van der Waals surface area contributed by atoms with Crippen LogP contribution < -0.4 is 0 Å². The predicted octanol–water partition coefficient (Wildman–Crippen LogP) is 0.306. The molecule has 0 aromatic rings. The molecule has 0 spiro atoms. The van der Waals surface area contributed by atoms with Crippen molar-refractivity contribution in [1.82, 2.24) is 4.90 Å². The average molecular weight is 203 g/mol. The molecule has 4 nitrogen and oxygen atoms in total. The quantitative estimate of drug-likeness (QED) is 0.716. The number of methoxy groups -OCH3 is 1. The molecule has 1 aliphatic rings. The Morgan fingerprint density at radius 2 is 2.14 bits per heavy atom. The molecule has 0 bridgehead atoms. The molecule has 1 aliphatic heterocycles. The largest absolute Gasteiger partial charge is 0.376 e. The van der Waals surface area contributed by atoms with Gasteiger partial charge in [0.1, 0.15) is 6.10 Å². The zero-order valence-electron chi connectivity index (χ0n) is 9.43. The number of aliphatic hydroxyl groups excluding tert-OH is 1. The molecule has 4 unspecified atom stereocenters. The number of hydrogen-bond donors (Lipinski definition) is 1. The average Bonchev–Trinajstić information content (AvgIpc) is 2.09. The fourth-order valence-electron chi connectivity index (χ4n) is 1.93. The van der Waals surface area contributed by atoms with E-state index in [1.54, 1.807) is 7.11 Å². The summed E-state index contributed by atoms with van der Waals surface area (Å²) in [6.45, 7) is 2.97. The standard InChI is InChI=1S/C10H21NO3/c1-7-8(6-11(2)3)5-9(13-4)10(12)14-7/h7-10,12H,5-6H2,1-4H3. The van der Waals surface area contributed by atoms with Gasteiger partial charge in [0, 0.05) is 19.6 Å². The van der Waals surface area contributed by atoms with Gasteiger partial charge in [-0.1, -0.05) is 0 Å². The summed E-state index contributed by atoms with van der Waals surface area (Å²) < 4.78 is 10.6. The Balaban J connectivity index is 2.50. The van der Waals surface area contributed by atoms with Gasteiger partial charge in [-0.05, 0) is 27.4 Å². The Bertz CT molecular complexity index is 175. The summed E-state index contributed by atoms with van der Waals surface area (Å²) in [4.78, 5) is 2.13. The Kier molecular flexibility index (Phi) is 4.31. The van der Waals surface area contributed by atoms with Crippen LogP contribution in [0.2, 0.25) is 0 Å². The highest BCUT2D eigenvalue weighted by atomic mass is 16.6. The second-order valence-corrected chi connectivity index (χ2v) is 4.26. The maximum absolute atomic E-state index is 9.53. The molecule has 0 aromatic carbocycles. The molecule has 1 fully saturated rings. The van der Waals surface area contributed by atoms with Crippen LogP contribution >= 0.6 is 0 Å². The summed E-state index contributed by atoms with van der Waals surface area (Å²) in [7, 11) is 5.69. The van der Waals surface area contributed by atoms with Crippen molar-refractivity contribution in [3.63, 3.8) is 0 Å². The van der Waals surface area contributed by atoms with Crippen molar-refractivity contribution in [1.29, 1.82) is 0 Å². The number of aliphatic hydroxyl groups is 1. The van der Waals surface area contributed by atoms with E-state index in [0.29, 0.717) is 5.92 Å². The van der Waals surface area contributed by atoms with Crippen LogP contribution in [0.1, 0.15) is 13.3 Å². The summed E-state index contributed by atoms with van der Waals surface area (Å²) in [6.07, 6.45) is 0.000150. The van der Waals surface area contributed by atoms with Crippen LogP contribution in [0.3, 0.4) is 0 Å². The molecule has 0 amide bonds. The van der Waals surface area contributed by atoms with Crippen molar-refractivity contribution in [3.8, 4) is 0 Å². The van der Waals surface area contributed by atoms with E-state index in [0.717, 1.165) is 13.0 Å². The molecule has 0 radical (unpaired) electrons. The molecule has 14 heavy (non-hydrogen) atoms. The second kappa shape index (κ2) is 5.07. The predicted molar refractivity (Wildman–Crippen MR) is 54.0 cm³/mol. The summed E-state index contributed by atoms with van der Waals surface area (Å²) >= 11 is 0. The fourth-order valence-corrected chi connectivity index (χ4v) is 1.93. The molecule has 1 heterocycles. The molecular weight excluding hydrogens is 182 g/mol. The lowest BCUT2D eigenvalue weighted by Gasteiger charge is -2.38. The molecule has 1 rings (SSSR count). The van der Waals surface area contributed by atoms with Gasteiger partial charge in [0.25, 0.3) is 0 Å². The molecule has 0 aromatic heterocycles. The smallest absolute Gasteiger partial charge is 0.181 e. The molecule has 1 saturated heterocycles. The number of nitrogens with zero attached hydrogens (tertiary/aromatic N) is 1. The zero-order valence-corrected chi connectivity index (χ0v) is 9.43. The first-order valence-electron chi connectivity index (χ1n) is 5.05. The monoisotopic (exact) mass is 203 g/mol. The van der Waals surface area contributed by atoms with Crippen molar-refractivity contribution in [2.45, 2.75) is 31.8 Å². The van der Waals surface area contributed by atoms with Gasteiger partial charge >= 0.3 is 0 Å². The highest BCUT2D eigenvalue weighted by Crippen LogP contribution is 2.26. The van der Waals surface area contributed by atoms with Gasteiger partial charge in [-0.2, -0.15) is 0 Å². The Hall–Kier alpha value is -0.160. The third kappa shape index (κ3) is 2.92. The van der Waals surface area contributed by atoms with Crippen LogP contribution in [0.5, 0.6) is 0 Å². The molecule has 4 atom stereocenters. The van der Waals surface area contributed by atoms with Crippen molar-refractivity contribution < 1.29 is 14.6 Å². The van der Waals surface area contributed by atoms with Crippen LogP contribution in [0.25, 0.3) is 0 Å². The summed E-state index contributed by atoms with van der Waals surface area (Å²) in [5.41, 5.74) is 0. The van der Waals surface area contributed by atoms with Crippen molar-refractivity contribution in [2.75, 3.05) is 27.7 Å². The zero-order chi connectivity index (χ0) is 10.7. The fraction of sp³-hybridized carbons (Fsp3) is 1.00. The van der Waals surface area contributed by atoms with Gasteiger partial charge < -0.3 is 19.5 Å². The van der Waals surface area contributed by atoms with E-state index in [1.165, 1.54) is 0 Å². The highest BCUT2D eigenvalue weighted by molar-refractivity contribution is 4.80. The first kappa shape index (κ1) is 11.9. The maximum Gasteiger partial charge on any atom is 0.181 e. The van der Waals surface area contributed by atoms with E-state index >= 15 is 0 Å². The number of hydrogen-bond acceptors (Lipinski definition) is 4. The Morgan fingerprint density at radius 1 is 1.50 bits per heavy atom. The molecule has 0 saturated carbocycles. The van der Waals surface area contributed by atoms with Crippen LogP contribution in [0.4, 0.5) is 0 Å². The lowest BCUT2D eigenvalue weighted by Crippen LogP contribution is -2.46. The highest BCUT2D eigenvalue weighted by Gasteiger charge is 2.34. The van der Waals surface area contributed by atoms with Gasteiger partial charge in [0.05, 0.1) is 6.10 Å². The van der Waals surface area contributed by atoms with Crippen LogP contribution in [-0.4, -0.2) is 56.3 Å². The second-order valence-electron chi connectivity index (χ2n) is 4.26. The molecule has 4 heteroatoms. The summed E-state index contributed by atoms with van der Waals surface area (Å²) in [6, 6.07) is 0. The van der Waals surface area contributed by atoms with Gasteiger partial charge in [0.2, 0.25) is 0 Å². The first-order chi connectivity index (χ1) is 6.54. The summed E-state index contributed by atoms with van der Waals surface area (Å²) in [5, 5.41) is 9.53. The SMILES string of the molecule is COC1CC(CN(C)C)C(C)OC1O. The maximum atomic E-state index is 9.53. The molecule has 0 aliphatic carbocycles. The lowest BCUT2D eigenvalue weighted by molar-refractivity contribution is -0.236. The Labute approximate surface area is 85.8 Å². The van der Waals surface area contributed by atoms with Gasteiger partial charge in [0.15, 0.2) is 6.29 Å². The van der Waals surface area contributed by atoms with E-state index in [9.17, 15) is 5.11 Å². The van der Waals surface area contributed by atoms with E-state index in [2.05, 4.69) is 4.90 Å². The minimum absolute atomic E-state index is 0.0961. The van der Waals surface area contributed by atoms with Crippen molar-refractivity contribution in [2.24, 2.45) is 5.92 Å². The van der Waals surface area contributed by atoms with Gasteiger partial charge in [-0.15, -0.1) is 0 Å². The van der Waals surface area contributed by atoms with E-state index in [1.807, 2.05) is 21.0 Å². The normalized spacial score (nSPS) is 39.0. The minimum atomic E-state index is -0.770. The third-order valence-electron chi connectivity index (χ3n) is 2.77. The Morgan fingerprint density at radius 3 is 2.64 bits per heavy atom. The van der Waals surface area contributed by atoms with Gasteiger partial charge in [-0.25, -0.2) is 0 Å². The van der Waals surface area contributed by atoms with Crippen molar-refractivity contribution in [3.05, 3.63) is 0 Å². The van der Waals surface area contributed by atoms with Gasteiger partial charge in [-0.3, -0.25) is 0 Å². The molecule has 1 N–H and O–H groups in total. The van der Waals surface area contributed by atoms with Crippen LogP contribution in [0, 0.1) is 5.92 Å². The summed E-state index contributed by atoms with van der Waals surface area (Å²) in [5.74, 6) is 0.429. The molecular formula is C10H21NO3. The first-order valence-corrected chi connectivity index (χ1v) is 5.05. The van der Waals surface area contributed by atoms with E-state index in [4.69, 9.17) is 9.47 Å². The number of rotatable bonds is 3. The molecule has 84 valence electrons. The van der Waals surface area contributed by atoms with Crippen molar-refractivity contribution >= 4 is 0 Å². The topological polar surface area (TPSA) is 41.9 Å². The minimum Gasteiger partial charge on any atom is -0.376 e. The number of ether oxygens (including phenoxy) is 2.